The van der Waals surface area contributed by atoms with Crippen molar-refractivity contribution in [3.8, 4) is 11.5 Å². The van der Waals surface area contributed by atoms with E-state index in [2.05, 4.69) is 0 Å². The van der Waals surface area contributed by atoms with Crippen LogP contribution in [0.15, 0.2) is 36.4 Å². The number of hydrogen-bond acceptors (Lipinski definition) is 3. The number of hydrogen-bond donors (Lipinski definition) is 0. The number of ether oxygens (including phenoxy) is 1. The quantitative estimate of drug-likeness (QED) is 0.525. The standard InChI is InChI=1S/C13H6Cl2F3NO3/c14-10-6-12(11(15)5-9(10)13(16,17)18)22-8-3-1-7(2-4-8)19(20)21/h1-6H. The average Bonchev–Trinajstić information content (AvgIpc) is 2.42. The highest BCUT2D eigenvalue weighted by Gasteiger charge is 2.34. The molecule has 0 radical (unpaired) electrons. The van der Waals surface area contributed by atoms with Gasteiger partial charge in [-0.1, -0.05) is 23.2 Å². The highest BCUT2D eigenvalue weighted by Crippen LogP contribution is 2.41. The van der Waals surface area contributed by atoms with Gasteiger partial charge >= 0.3 is 6.18 Å². The summed E-state index contributed by atoms with van der Waals surface area (Å²) in [6.07, 6.45) is -4.63. The fraction of sp³-hybridized carbons (Fsp3) is 0.0769. The monoisotopic (exact) mass is 351 g/mol. The molecule has 2 aromatic carbocycles. The molecule has 0 N–H and O–H groups in total. The van der Waals surface area contributed by atoms with E-state index in [1.54, 1.807) is 0 Å². The van der Waals surface area contributed by atoms with Gasteiger partial charge in [-0.05, 0) is 18.2 Å². The van der Waals surface area contributed by atoms with Crippen molar-refractivity contribution in [2.24, 2.45) is 0 Å². The number of halogens is 5. The Morgan fingerprint density at radius 1 is 1.05 bits per heavy atom. The van der Waals surface area contributed by atoms with Crippen molar-refractivity contribution in [2.45, 2.75) is 6.18 Å². The van der Waals surface area contributed by atoms with E-state index in [-0.39, 0.29) is 22.2 Å². The van der Waals surface area contributed by atoms with Gasteiger partial charge in [0, 0.05) is 18.2 Å². The van der Waals surface area contributed by atoms with Crippen LogP contribution in [0.3, 0.4) is 0 Å². The zero-order valence-electron chi connectivity index (χ0n) is 10.5. The van der Waals surface area contributed by atoms with Gasteiger partial charge in [0.15, 0.2) is 0 Å². The first-order valence-electron chi connectivity index (χ1n) is 5.67. The molecule has 0 aliphatic heterocycles. The lowest BCUT2D eigenvalue weighted by atomic mass is 10.2. The summed E-state index contributed by atoms with van der Waals surface area (Å²) in [5.41, 5.74) is -1.22. The summed E-state index contributed by atoms with van der Waals surface area (Å²) >= 11 is 11.3. The van der Waals surface area contributed by atoms with Crippen LogP contribution < -0.4 is 4.74 Å². The summed E-state index contributed by atoms with van der Waals surface area (Å²) in [7, 11) is 0. The normalized spacial score (nSPS) is 11.3. The van der Waals surface area contributed by atoms with Gasteiger partial charge in [0.05, 0.1) is 20.5 Å². The van der Waals surface area contributed by atoms with E-state index >= 15 is 0 Å². The lowest BCUT2D eigenvalue weighted by molar-refractivity contribution is -0.384. The third kappa shape index (κ3) is 3.61. The summed E-state index contributed by atoms with van der Waals surface area (Å²) in [6.45, 7) is 0. The second-order valence-electron chi connectivity index (χ2n) is 4.11. The molecule has 0 fully saturated rings. The SMILES string of the molecule is O=[N+]([O-])c1ccc(Oc2cc(Cl)c(C(F)(F)F)cc2Cl)cc1. The Balaban J connectivity index is 2.30. The molecule has 0 amide bonds. The van der Waals surface area contributed by atoms with Gasteiger partial charge in [-0.3, -0.25) is 10.1 Å². The predicted molar refractivity (Wildman–Crippen MR) is 74.6 cm³/mol. The van der Waals surface area contributed by atoms with E-state index in [1.165, 1.54) is 24.3 Å². The van der Waals surface area contributed by atoms with Crippen LogP contribution in [-0.4, -0.2) is 4.92 Å². The van der Waals surface area contributed by atoms with Crippen molar-refractivity contribution >= 4 is 28.9 Å². The Bertz CT molecular complexity index is 718. The van der Waals surface area contributed by atoms with Crippen LogP contribution in [0.2, 0.25) is 10.0 Å². The van der Waals surface area contributed by atoms with E-state index < -0.39 is 21.7 Å². The van der Waals surface area contributed by atoms with Gasteiger partial charge in [0.2, 0.25) is 0 Å². The van der Waals surface area contributed by atoms with Gasteiger partial charge < -0.3 is 4.74 Å². The van der Waals surface area contributed by atoms with Gasteiger partial charge in [-0.2, -0.15) is 13.2 Å². The zero-order valence-corrected chi connectivity index (χ0v) is 12.0. The summed E-state index contributed by atoms with van der Waals surface area (Å²) in [5, 5.41) is 9.68. The molecule has 0 aromatic heterocycles. The molecular weight excluding hydrogens is 346 g/mol. The Hall–Kier alpha value is -1.99. The van der Waals surface area contributed by atoms with Gasteiger partial charge in [-0.25, -0.2) is 0 Å². The first-order valence-corrected chi connectivity index (χ1v) is 6.42. The molecule has 4 nitrogen and oxygen atoms in total. The third-order valence-corrected chi connectivity index (χ3v) is 3.21. The van der Waals surface area contributed by atoms with Crippen molar-refractivity contribution < 1.29 is 22.8 Å². The van der Waals surface area contributed by atoms with Crippen LogP contribution in [0.1, 0.15) is 5.56 Å². The van der Waals surface area contributed by atoms with Gasteiger partial charge in [0.25, 0.3) is 5.69 Å². The maximum absolute atomic E-state index is 12.7. The summed E-state index contributed by atoms with van der Waals surface area (Å²) < 4.78 is 43.3. The van der Waals surface area contributed by atoms with Gasteiger partial charge in [0.1, 0.15) is 11.5 Å². The van der Waals surface area contributed by atoms with Gasteiger partial charge in [-0.15, -0.1) is 0 Å². The second kappa shape index (κ2) is 6.02. The van der Waals surface area contributed by atoms with Crippen molar-refractivity contribution in [1.82, 2.24) is 0 Å². The molecule has 0 spiro atoms. The molecule has 0 aliphatic rings. The van der Waals surface area contributed by atoms with Crippen LogP contribution in [0, 0.1) is 10.1 Å². The molecule has 0 aliphatic carbocycles. The molecule has 2 rings (SSSR count). The summed E-state index contributed by atoms with van der Waals surface area (Å²) in [5.74, 6) is 0.0804. The minimum atomic E-state index is -4.63. The van der Waals surface area contributed by atoms with E-state index in [0.29, 0.717) is 6.07 Å². The number of benzene rings is 2. The number of nitro groups is 1. The molecule has 0 bridgehead atoms. The summed E-state index contributed by atoms with van der Waals surface area (Å²) in [4.78, 5) is 9.93. The molecule has 0 heterocycles. The highest BCUT2D eigenvalue weighted by atomic mass is 35.5. The van der Waals surface area contributed by atoms with Crippen molar-refractivity contribution in [3.05, 3.63) is 62.1 Å². The predicted octanol–water partition coefficient (Wildman–Crippen LogP) is 5.71. The van der Waals surface area contributed by atoms with Crippen LogP contribution >= 0.6 is 23.2 Å². The second-order valence-corrected chi connectivity index (χ2v) is 4.93. The average molecular weight is 352 g/mol. The number of nitro benzene ring substituents is 1. The minimum absolute atomic E-state index is 0.0893. The molecule has 0 saturated carbocycles. The summed E-state index contributed by atoms with van der Waals surface area (Å²) in [6, 6.07) is 6.56. The number of nitrogens with zero attached hydrogens (tertiary/aromatic N) is 1. The molecule has 22 heavy (non-hydrogen) atoms. The fourth-order valence-corrected chi connectivity index (χ4v) is 2.05. The Labute approximate surface area is 132 Å². The highest BCUT2D eigenvalue weighted by molar-refractivity contribution is 6.34. The van der Waals surface area contributed by atoms with Crippen LogP contribution in [0.4, 0.5) is 18.9 Å². The molecular formula is C13H6Cl2F3NO3. The fourth-order valence-electron chi connectivity index (χ4n) is 1.59. The number of alkyl halides is 3. The lowest BCUT2D eigenvalue weighted by Crippen LogP contribution is -2.06. The van der Waals surface area contributed by atoms with Crippen molar-refractivity contribution in [3.63, 3.8) is 0 Å². The molecule has 116 valence electrons. The van der Waals surface area contributed by atoms with E-state index in [0.717, 1.165) is 6.07 Å². The molecule has 0 unspecified atom stereocenters. The van der Waals surface area contributed by atoms with Crippen molar-refractivity contribution in [1.29, 1.82) is 0 Å². The van der Waals surface area contributed by atoms with E-state index in [4.69, 9.17) is 27.9 Å². The minimum Gasteiger partial charge on any atom is -0.456 e. The zero-order chi connectivity index (χ0) is 16.5. The first-order chi connectivity index (χ1) is 10.2. The number of rotatable bonds is 3. The Morgan fingerprint density at radius 2 is 1.64 bits per heavy atom. The molecule has 2 aromatic rings. The first kappa shape index (κ1) is 16.4. The number of non-ortho nitro benzene ring substituents is 1. The largest absolute Gasteiger partial charge is 0.456 e. The van der Waals surface area contributed by atoms with Crippen LogP contribution in [0.25, 0.3) is 0 Å². The van der Waals surface area contributed by atoms with Crippen molar-refractivity contribution in [2.75, 3.05) is 0 Å². The van der Waals surface area contributed by atoms with Crippen LogP contribution in [0.5, 0.6) is 11.5 Å². The Morgan fingerprint density at radius 3 is 2.14 bits per heavy atom. The third-order valence-electron chi connectivity index (χ3n) is 2.60. The smallest absolute Gasteiger partial charge is 0.417 e. The molecule has 0 atom stereocenters. The molecule has 0 saturated heterocycles. The lowest BCUT2D eigenvalue weighted by Gasteiger charge is -2.13. The van der Waals surface area contributed by atoms with E-state index in [9.17, 15) is 23.3 Å². The topological polar surface area (TPSA) is 52.4 Å². The van der Waals surface area contributed by atoms with Crippen LogP contribution in [-0.2, 0) is 6.18 Å². The molecule has 9 heteroatoms. The maximum atomic E-state index is 12.7. The maximum Gasteiger partial charge on any atom is 0.417 e. The Kier molecular flexibility index (Phi) is 4.48. The van der Waals surface area contributed by atoms with E-state index in [1.807, 2.05) is 0 Å².